The molecule has 3 aromatic heterocycles. The predicted octanol–water partition coefficient (Wildman–Crippen LogP) is 4.92. The van der Waals surface area contributed by atoms with Crippen LogP contribution in [0, 0.1) is 32.1 Å². The molecule has 0 saturated heterocycles. The van der Waals surface area contributed by atoms with E-state index >= 15 is 0 Å². The molecule has 0 aliphatic rings. The normalized spacial score (nSPS) is 10.9. The predicted molar refractivity (Wildman–Crippen MR) is 134 cm³/mol. The summed E-state index contributed by atoms with van der Waals surface area (Å²) in [5.41, 5.74) is 6.40. The number of hydrogen-bond acceptors (Lipinski definition) is 5. The maximum atomic E-state index is 13.5. The molecule has 0 aliphatic heterocycles. The minimum absolute atomic E-state index is 0.204. The second kappa shape index (κ2) is 8.92. The van der Waals surface area contributed by atoms with Gasteiger partial charge in [-0.2, -0.15) is 10.4 Å². The van der Waals surface area contributed by atoms with Gasteiger partial charge in [-0.25, -0.2) is 9.67 Å². The van der Waals surface area contributed by atoms with Crippen LogP contribution in [0.15, 0.2) is 77.7 Å². The average Bonchev–Trinajstić information content (AvgIpc) is 3.24. The van der Waals surface area contributed by atoms with Crippen LogP contribution in [0.5, 0.6) is 5.75 Å². The molecule has 0 atom stereocenters. The number of aryl methyl sites for hydroxylation is 3. The first-order valence-corrected chi connectivity index (χ1v) is 11.2. The largest absolute Gasteiger partial charge is 0.485 e. The standard InChI is InChI=1S/C28H23N5O2/c1-18-6-12-23(13-7-18)33-19(2)15-24(31-33)26-20(3)30-27-25(5-4-14-32(27)28(26)34)35-17-22-10-8-21(16-29)9-11-22/h4-15H,17H2,1-3H3. The lowest BCUT2D eigenvalue weighted by molar-refractivity contribution is 0.308. The number of hydrogen-bond donors (Lipinski definition) is 0. The Hall–Kier alpha value is -4.70. The molecule has 0 fully saturated rings. The van der Waals surface area contributed by atoms with E-state index in [2.05, 4.69) is 6.07 Å². The number of pyridine rings is 1. The van der Waals surface area contributed by atoms with Crippen LogP contribution in [0.25, 0.3) is 22.6 Å². The van der Waals surface area contributed by atoms with Crippen molar-refractivity contribution < 1.29 is 4.74 Å². The van der Waals surface area contributed by atoms with Gasteiger partial charge in [-0.05, 0) is 68.8 Å². The highest BCUT2D eigenvalue weighted by atomic mass is 16.5. The van der Waals surface area contributed by atoms with Crippen LogP contribution in [-0.4, -0.2) is 19.2 Å². The topological polar surface area (TPSA) is 85.2 Å². The van der Waals surface area contributed by atoms with Crippen LogP contribution < -0.4 is 10.3 Å². The molecular formula is C28H23N5O2. The van der Waals surface area contributed by atoms with Crippen LogP contribution in [-0.2, 0) is 6.61 Å². The zero-order chi connectivity index (χ0) is 24.5. The molecule has 7 heteroatoms. The van der Waals surface area contributed by atoms with Crippen molar-refractivity contribution in [3.8, 4) is 28.8 Å². The van der Waals surface area contributed by atoms with Crippen molar-refractivity contribution in [2.75, 3.05) is 0 Å². The Morgan fingerprint density at radius 2 is 1.74 bits per heavy atom. The van der Waals surface area contributed by atoms with Crippen molar-refractivity contribution in [2.24, 2.45) is 0 Å². The molecule has 0 bridgehead atoms. The fourth-order valence-corrected chi connectivity index (χ4v) is 4.03. The maximum absolute atomic E-state index is 13.5. The zero-order valence-electron chi connectivity index (χ0n) is 19.7. The van der Waals surface area contributed by atoms with Gasteiger partial charge in [0, 0.05) is 11.9 Å². The summed E-state index contributed by atoms with van der Waals surface area (Å²) in [6.45, 7) is 6.11. The van der Waals surface area contributed by atoms with Crippen LogP contribution in [0.2, 0.25) is 0 Å². The van der Waals surface area contributed by atoms with Crippen LogP contribution in [0.4, 0.5) is 0 Å². The summed E-state index contributed by atoms with van der Waals surface area (Å²) < 4.78 is 9.33. The molecule has 5 aromatic rings. The monoisotopic (exact) mass is 461 g/mol. The highest BCUT2D eigenvalue weighted by Gasteiger charge is 2.18. The van der Waals surface area contributed by atoms with E-state index in [0.717, 1.165) is 16.9 Å². The quantitative estimate of drug-likeness (QED) is 0.371. The van der Waals surface area contributed by atoms with Gasteiger partial charge in [0.25, 0.3) is 5.56 Å². The minimum Gasteiger partial charge on any atom is -0.485 e. The van der Waals surface area contributed by atoms with Crippen molar-refractivity contribution in [2.45, 2.75) is 27.4 Å². The first kappa shape index (κ1) is 22.1. The van der Waals surface area contributed by atoms with Crippen molar-refractivity contribution in [3.63, 3.8) is 0 Å². The maximum Gasteiger partial charge on any atom is 0.267 e. The third-order valence-electron chi connectivity index (χ3n) is 5.90. The Morgan fingerprint density at radius 1 is 1.00 bits per heavy atom. The molecule has 7 nitrogen and oxygen atoms in total. The molecule has 0 amide bonds. The molecule has 0 spiro atoms. The van der Waals surface area contributed by atoms with Gasteiger partial charge in [0.15, 0.2) is 11.4 Å². The first-order chi connectivity index (χ1) is 16.9. The van der Waals surface area contributed by atoms with E-state index in [4.69, 9.17) is 20.1 Å². The summed E-state index contributed by atoms with van der Waals surface area (Å²) in [5.74, 6) is 0.505. The Kier molecular flexibility index (Phi) is 5.63. The highest BCUT2D eigenvalue weighted by Crippen LogP contribution is 2.24. The van der Waals surface area contributed by atoms with Gasteiger partial charge < -0.3 is 4.74 Å². The van der Waals surface area contributed by atoms with Gasteiger partial charge in [-0.1, -0.05) is 29.8 Å². The van der Waals surface area contributed by atoms with E-state index < -0.39 is 0 Å². The van der Waals surface area contributed by atoms with E-state index in [-0.39, 0.29) is 5.56 Å². The summed E-state index contributed by atoms with van der Waals surface area (Å²) in [6, 6.07) is 22.8. The lowest BCUT2D eigenvalue weighted by Crippen LogP contribution is -2.19. The van der Waals surface area contributed by atoms with E-state index in [1.165, 1.54) is 9.96 Å². The molecule has 0 unspecified atom stereocenters. The lowest BCUT2D eigenvalue weighted by atomic mass is 10.1. The number of aromatic nitrogens is 4. The van der Waals surface area contributed by atoms with Crippen molar-refractivity contribution >= 4 is 5.65 Å². The van der Waals surface area contributed by atoms with Crippen LogP contribution in [0.1, 0.15) is 28.1 Å². The number of benzene rings is 2. The fourth-order valence-electron chi connectivity index (χ4n) is 4.03. The number of nitriles is 1. The van der Waals surface area contributed by atoms with Crippen molar-refractivity contribution in [3.05, 3.63) is 111 Å². The van der Waals surface area contributed by atoms with E-state index in [0.29, 0.717) is 40.5 Å². The van der Waals surface area contributed by atoms with E-state index in [1.807, 2.05) is 67.9 Å². The second-order valence-electron chi connectivity index (χ2n) is 8.46. The molecular weight excluding hydrogens is 438 g/mol. The molecule has 2 aromatic carbocycles. The molecule has 0 N–H and O–H groups in total. The number of nitrogens with zero attached hydrogens (tertiary/aromatic N) is 5. The van der Waals surface area contributed by atoms with Crippen molar-refractivity contribution in [1.82, 2.24) is 19.2 Å². The summed E-state index contributed by atoms with van der Waals surface area (Å²) in [4.78, 5) is 18.3. The molecule has 5 rings (SSSR count). The number of ether oxygens (including phenoxy) is 1. The van der Waals surface area contributed by atoms with Gasteiger partial charge in [0.2, 0.25) is 0 Å². The van der Waals surface area contributed by atoms with Crippen LogP contribution >= 0.6 is 0 Å². The van der Waals surface area contributed by atoms with Crippen molar-refractivity contribution in [1.29, 1.82) is 5.26 Å². The average molecular weight is 462 g/mol. The first-order valence-electron chi connectivity index (χ1n) is 11.2. The third kappa shape index (κ3) is 4.18. The SMILES string of the molecule is Cc1ccc(-n2nc(-c3c(C)nc4c(OCc5ccc(C#N)cc5)cccn4c3=O)cc2C)cc1. The summed E-state index contributed by atoms with van der Waals surface area (Å²) in [5, 5.41) is 13.7. The highest BCUT2D eigenvalue weighted by molar-refractivity contribution is 5.65. The van der Waals surface area contributed by atoms with Crippen LogP contribution in [0.3, 0.4) is 0 Å². The molecule has 0 aliphatic carbocycles. The Morgan fingerprint density at radius 3 is 2.46 bits per heavy atom. The van der Waals surface area contributed by atoms with Gasteiger partial charge in [0.05, 0.1) is 28.6 Å². The number of fused-ring (bicyclic) bond motifs is 1. The summed E-state index contributed by atoms with van der Waals surface area (Å²) in [7, 11) is 0. The Balaban J connectivity index is 1.52. The Bertz CT molecular complexity index is 1640. The molecule has 0 radical (unpaired) electrons. The Labute approximate surface area is 202 Å². The fraction of sp³-hybridized carbons (Fsp3) is 0.143. The summed E-state index contributed by atoms with van der Waals surface area (Å²) >= 11 is 0. The van der Waals surface area contributed by atoms with Gasteiger partial charge >= 0.3 is 0 Å². The third-order valence-corrected chi connectivity index (χ3v) is 5.90. The minimum atomic E-state index is -0.204. The van der Waals surface area contributed by atoms with Gasteiger partial charge in [0.1, 0.15) is 12.3 Å². The molecule has 3 heterocycles. The van der Waals surface area contributed by atoms with Gasteiger partial charge in [-0.3, -0.25) is 9.20 Å². The molecule has 35 heavy (non-hydrogen) atoms. The molecule has 172 valence electrons. The zero-order valence-corrected chi connectivity index (χ0v) is 19.7. The molecule has 0 saturated carbocycles. The van der Waals surface area contributed by atoms with E-state index in [1.54, 1.807) is 30.5 Å². The number of rotatable bonds is 5. The second-order valence-corrected chi connectivity index (χ2v) is 8.46. The lowest BCUT2D eigenvalue weighted by Gasteiger charge is -2.12. The van der Waals surface area contributed by atoms with E-state index in [9.17, 15) is 4.79 Å². The smallest absolute Gasteiger partial charge is 0.267 e. The summed E-state index contributed by atoms with van der Waals surface area (Å²) in [6.07, 6.45) is 1.69. The van der Waals surface area contributed by atoms with Gasteiger partial charge in [-0.15, -0.1) is 0 Å².